The zero-order valence-corrected chi connectivity index (χ0v) is 37.7. The molecule has 3 aliphatic heterocycles. The molecule has 6 unspecified atom stereocenters. The van der Waals surface area contributed by atoms with Crippen molar-refractivity contribution in [2.24, 2.45) is 45.8 Å². The number of allylic oxidation sites excluding steroid dienone is 1. The minimum Gasteiger partial charge on any atom is -0.394 e. The van der Waals surface area contributed by atoms with Crippen molar-refractivity contribution in [2.75, 3.05) is 13.2 Å². The Morgan fingerprint density at radius 1 is 0.635 bits per heavy atom. The van der Waals surface area contributed by atoms with Gasteiger partial charge in [-0.3, -0.25) is 0 Å². The second-order valence-corrected chi connectivity index (χ2v) is 22.0. The van der Waals surface area contributed by atoms with Gasteiger partial charge in [0.1, 0.15) is 67.1 Å². The van der Waals surface area contributed by atoms with Crippen molar-refractivity contribution in [1.29, 1.82) is 0 Å². The maximum atomic E-state index is 11.7. The van der Waals surface area contributed by atoms with Crippen LogP contribution in [0.1, 0.15) is 106 Å². The molecule has 63 heavy (non-hydrogen) atoms. The zero-order chi connectivity index (χ0) is 45.9. The molecule has 362 valence electrons. The Morgan fingerprint density at radius 2 is 1.29 bits per heavy atom. The summed E-state index contributed by atoms with van der Waals surface area (Å²) in [6.07, 6.45) is -15.4. The van der Waals surface area contributed by atoms with E-state index in [-0.39, 0.29) is 39.9 Å². The first-order chi connectivity index (χ1) is 29.5. The summed E-state index contributed by atoms with van der Waals surface area (Å²) in [4.78, 5) is 0. The van der Waals surface area contributed by atoms with Crippen molar-refractivity contribution in [1.82, 2.24) is 0 Å². The molecule has 0 amide bonds. The fraction of sp³-hybridized carbons (Fsp3) is 0.957. The lowest BCUT2D eigenvalue weighted by atomic mass is 9.33. The molecular formula is C46H76O17. The second-order valence-electron chi connectivity index (χ2n) is 22.0. The fourth-order valence-electron chi connectivity index (χ4n) is 15.1. The van der Waals surface area contributed by atoms with Crippen molar-refractivity contribution in [3.8, 4) is 0 Å². The molecule has 17 heteroatoms. The summed E-state index contributed by atoms with van der Waals surface area (Å²) in [5.41, 5.74) is -1.08. The van der Waals surface area contributed by atoms with E-state index in [1.54, 1.807) is 0 Å². The Hall–Kier alpha value is -0.940. The summed E-state index contributed by atoms with van der Waals surface area (Å²) in [7, 11) is 0. The number of aliphatic hydroxyl groups excluding tert-OH is 10. The molecule has 0 aromatic rings. The first-order valence-corrected chi connectivity index (χ1v) is 23.5. The van der Waals surface area contributed by atoms with E-state index in [2.05, 4.69) is 34.3 Å². The van der Waals surface area contributed by atoms with E-state index in [4.69, 9.17) is 28.4 Å². The number of aliphatic hydroxyl groups is 11. The number of rotatable bonds is 9. The molecule has 8 rings (SSSR count). The summed E-state index contributed by atoms with van der Waals surface area (Å²) >= 11 is 0. The quantitative estimate of drug-likeness (QED) is 0.107. The van der Waals surface area contributed by atoms with E-state index < -0.39 is 123 Å². The Kier molecular flexibility index (Phi) is 13.3. The Balaban J connectivity index is 0.975. The van der Waals surface area contributed by atoms with Gasteiger partial charge in [-0.15, -0.1) is 0 Å². The minimum absolute atomic E-state index is 0.00380. The molecule has 0 bridgehead atoms. The van der Waals surface area contributed by atoms with Gasteiger partial charge in [-0.1, -0.05) is 32.9 Å². The molecule has 5 aliphatic carbocycles. The van der Waals surface area contributed by atoms with E-state index in [9.17, 15) is 56.2 Å². The van der Waals surface area contributed by atoms with Crippen LogP contribution in [0.2, 0.25) is 0 Å². The standard InChI is InChI=1S/C46H76O17/c1-20(2)22-10-15-46(17-16-43(5)23(29(22)46)8-9-26-42(4)13-12-28(48)45(7,57)27(42)11-14-44(26,43)6)63-41-36(55)33(52)31(50)25(61-41)19-58-39-37(56)34(53)38(24(18-47)60-39)62-40-35(54)32(51)30(49)21(3)59-40/h21-41,47-57H,1,8-19H2,2-7H3/t21-,22?,23?,24+,25+,26?,27?,28-,29?,30-,31+,32+,33-,34+,35+,36+,37+,38+,39+,40-,41-,42+,43?,44+,45-,46-/m0/s1. The second kappa shape index (κ2) is 17.2. The smallest absolute Gasteiger partial charge is 0.187 e. The molecular weight excluding hydrogens is 824 g/mol. The van der Waals surface area contributed by atoms with Gasteiger partial charge in [0, 0.05) is 0 Å². The molecule has 0 radical (unpaired) electrons. The van der Waals surface area contributed by atoms with Gasteiger partial charge < -0.3 is 84.6 Å². The van der Waals surface area contributed by atoms with Crippen molar-refractivity contribution in [3.05, 3.63) is 12.2 Å². The molecule has 8 aliphatic rings. The zero-order valence-electron chi connectivity index (χ0n) is 37.7. The normalized spacial score (nSPS) is 58.3. The first kappa shape index (κ1) is 48.5. The molecule has 3 saturated heterocycles. The molecule has 17 nitrogen and oxygen atoms in total. The van der Waals surface area contributed by atoms with Crippen LogP contribution in [-0.4, -0.2) is 179 Å². The maximum absolute atomic E-state index is 11.7. The molecule has 0 aromatic carbocycles. The van der Waals surface area contributed by atoms with Crippen molar-refractivity contribution >= 4 is 0 Å². The van der Waals surface area contributed by atoms with Crippen LogP contribution in [-0.2, 0) is 28.4 Å². The van der Waals surface area contributed by atoms with Gasteiger partial charge in [-0.25, -0.2) is 0 Å². The van der Waals surface area contributed by atoms with E-state index in [0.29, 0.717) is 25.2 Å². The summed E-state index contributed by atoms with van der Waals surface area (Å²) < 4.78 is 36.1. The third kappa shape index (κ3) is 7.54. The van der Waals surface area contributed by atoms with Crippen LogP contribution in [0.15, 0.2) is 12.2 Å². The van der Waals surface area contributed by atoms with Crippen LogP contribution >= 0.6 is 0 Å². The van der Waals surface area contributed by atoms with Gasteiger partial charge in [0.15, 0.2) is 18.9 Å². The largest absolute Gasteiger partial charge is 0.394 e. The molecule has 26 atom stereocenters. The summed E-state index contributed by atoms with van der Waals surface area (Å²) in [6.45, 7) is 15.8. The molecule has 5 saturated carbocycles. The van der Waals surface area contributed by atoms with Crippen LogP contribution in [0.4, 0.5) is 0 Å². The predicted molar refractivity (Wildman–Crippen MR) is 221 cm³/mol. The Bertz CT molecular complexity index is 1650. The molecule has 11 N–H and O–H groups in total. The van der Waals surface area contributed by atoms with E-state index in [0.717, 1.165) is 50.5 Å². The lowest BCUT2D eigenvalue weighted by molar-refractivity contribution is -0.368. The molecule has 8 fully saturated rings. The monoisotopic (exact) mass is 901 g/mol. The van der Waals surface area contributed by atoms with Gasteiger partial charge in [0.25, 0.3) is 0 Å². The lowest BCUT2D eigenvalue weighted by Crippen LogP contribution is -2.69. The summed E-state index contributed by atoms with van der Waals surface area (Å²) in [5, 5.41) is 120. The minimum atomic E-state index is -1.80. The highest BCUT2D eigenvalue weighted by Crippen LogP contribution is 2.76. The molecule has 3 heterocycles. The summed E-state index contributed by atoms with van der Waals surface area (Å²) in [6, 6.07) is 0. The Morgan fingerprint density at radius 3 is 1.97 bits per heavy atom. The highest BCUT2D eigenvalue weighted by Gasteiger charge is 2.72. The van der Waals surface area contributed by atoms with Gasteiger partial charge in [-0.05, 0) is 131 Å². The number of hydrogen-bond acceptors (Lipinski definition) is 17. The van der Waals surface area contributed by atoms with E-state index in [1.807, 2.05) is 6.92 Å². The lowest BCUT2D eigenvalue weighted by Gasteiger charge is -2.72. The average Bonchev–Trinajstić information content (AvgIpc) is 3.62. The van der Waals surface area contributed by atoms with Crippen LogP contribution in [0, 0.1) is 45.8 Å². The van der Waals surface area contributed by atoms with Crippen LogP contribution in [0.25, 0.3) is 0 Å². The van der Waals surface area contributed by atoms with Crippen LogP contribution in [0.3, 0.4) is 0 Å². The van der Waals surface area contributed by atoms with Crippen molar-refractivity contribution in [2.45, 2.75) is 215 Å². The van der Waals surface area contributed by atoms with E-state index in [1.165, 1.54) is 6.92 Å². The predicted octanol–water partition coefficient (Wildman–Crippen LogP) is -0.0254. The van der Waals surface area contributed by atoms with Crippen LogP contribution in [0.5, 0.6) is 0 Å². The number of fused-ring (bicyclic) bond motifs is 7. The fourth-order valence-corrected chi connectivity index (χ4v) is 15.1. The van der Waals surface area contributed by atoms with Gasteiger partial charge in [0.2, 0.25) is 0 Å². The van der Waals surface area contributed by atoms with Gasteiger partial charge in [0.05, 0.1) is 36.6 Å². The third-order valence-electron chi connectivity index (χ3n) is 19.0. The number of hydrogen-bond donors (Lipinski definition) is 11. The highest BCUT2D eigenvalue weighted by atomic mass is 16.8. The number of ether oxygens (including phenoxy) is 6. The average molecular weight is 901 g/mol. The highest BCUT2D eigenvalue weighted by molar-refractivity contribution is 5.23. The Labute approximate surface area is 370 Å². The first-order valence-electron chi connectivity index (χ1n) is 23.5. The maximum Gasteiger partial charge on any atom is 0.187 e. The summed E-state index contributed by atoms with van der Waals surface area (Å²) in [5.74, 6) is 0.757. The third-order valence-corrected chi connectivity index (χ3v) is 19.0. The molecule has 0 spiro atoms. The topological polar surface area (TPSA) is 278 Å². The van der Waals surface area contributed by atoms with Gasteiger partial charge in [-0.2, -0.15) is 0 Å². The molecule has 0 aromatic heterocycles. The van der Waals surface area contributed by atoms with E-state index >= 15 is 0 Å². The van der Waals surface area contributed by atoms with Gasteiger partial charge >= 0.3 is 0 Å². The SMILES string of the molecule is C=C(C)C1CC[C@]2(O[C@@H]3O[C@H](CO[C@@H]4O[C@H](CO)[C@@H](O[C@@H]5O[C@@H](C)[C@H](O)[C@@H](O)[C@H]5O)[C@H](O)[C@H]4O)[C@@H](O)[C@H](O)[C@H]3O)CCC3(C)C(CCC4[C@@]5(C)CC[C@H](O)[C@@](C)(O)C5CC[C@]43C)C12. The van der Waals surface area contributed by atoms with Crippen molar-refractivity contribution in [3.63, 3.8) is 0 Å². The van der Waals surface area contributed by atoms with Crippen molar-refractivity contribution < 1.29 is 84.6 Å². The van der Waals surface area contributed by atoms with Crippen LogP contribution < -0.4 is 0 Å².